The molecule has 0 aliphatic carbocycles. The fraction of sp³-hybridized carbons (Fsp3) is 0.316. The average molecular weight is 445 g/mol. The smallest absolute Gasteiger partial charge is 0.240 e. The van der Waals surface area contributed by atoms with E-state index in [-0.39, 0.29) is 22.3 Å². The number of hydrogen-bond acceptors (Lipinski definition) is 4. The van der Waals surface area contributed by atoms with Gasteiger partial charge >= 0.3 is 0 Å². The number of rotatable bonds is 9. The maximum atomic E-state index is 12.3. The minimum absolute atomic E-state index is 0.0820. The topological polar surface area (TPSA) is 75.7 Å². The Kier molecular flexibility index (Phi) is 7.98. The molecule has 2 rings (SSSR count). The number of aryl methyl sites for hydroxylation is 1. The van der Waals surface area contributed by atoms with Crippen LogP contribution in [0.3, 0.4) is 0 Å². The van der Waals surface area contributed by atoms with Gasteiger partial charge in [0.15, 0.2) is 0 Å². The monoisotopic (exact) mass is 444 g/mol. The molecule has 0 spiro atoms. The Morgan fingerprint density at radius 1 is 1.14 bits per heavy atom. The zero-order valence-electron chi connectivity index (χ0n) is 15.6. The highest BCUT2D eigenvalue weighted by Gasteiger charge is 2.23. The molecule has 2 aromatic carbocycles. The van der Waals surface area contributed by atoms with Crippen molar-refractivity contribution < 1.29 is 17.9 Å². The first-order valence-corrected chi connectivity index (χ1v) is 11.1. The third-order valence-corrected chi connectivity index (χ3v) is 5.96. The Balaban J connectivity index is 1.96. The van der Waals surface area contributed by atoms with E-state index >= 15 is 0 Å². The highest BCUT2D eigenvalue weighted by Crippen LogP contribution is 2.33. The molecule has 0 saturated carbocycles. The Morgan fingerprint density at radius 2 is 1.86 bits per heavy atom. The standard InChI is InChI=1S/C19H22Cl2N2O4S/c1-27-17-11-4-3-7-14(17)8-6-12-22-18(24)13-23(28(2,25)26)16-10-5-9-15(20)19(16)21/h3-5,7,9-11H,6,8,12-13H2,1-2H3,(H,22,24). The molecule has 0 saturated heterocycles. The van der Waals surface area contributed by atoms with Gasteiger partial charge in [-0.15, -0.1) is 0 Å². The number of nitrogens with zero attached hydrogens (tertiary/aromatic N) is 1. The molecule has 0 atom stereocenters. The van der Waals surface area contributed by atoms with Crippen LogP contribution in [0.4, 0.5) is 5.69 Å². The highest BCUT2D eigenvalue weighted by atomic mass is 35.5. The van der Waals surface area contributed by atoms with Gasteiger partial charge in [-0.25, -0.2) is 8.42 Å². The van der Waals surface area contributed by atoms with Gasteiger partial charge in [0.25, 0.3) is 0 Å². The maximum absolute atomic E-state index is 12.3. The van der Waals surface area contributed by atoms with E-state index < -0.39 is 15.9 Å². The van der Waals surface area contributed by atoms with E-state index in [1.54, 1.807) is 19.2 Å². The number of amides is 1. The molecular formula is C19H22Cl2N2O4S. The van der Waals surface area contributed by atoms with Crippen LogP contribution in [0.1, 0.15) is 12.0 Å². The van der Waals surface area contributed by atoms with Crippen molar-refractivity contribution in [3.05, 3.63) is 58.1 Å². The Bertz CT molecular complexity index is 935. The average Bonchev–Trinajstić information content (AvgIpc) is 2.65. The number of para-hydroxylation sites is 1. The van der Waals surface area contributed by atoms with Crippen molar-refractivity contribution in [3.8, 4) is 5.75 Å². The number of benzene rings is 2. The second kappa shape index (κ2) is 10.0. The SMILES string of the molecule is COc1ccccc1CCCNC(=O)CN(c1cccc(Cl)c1Cl)S(C)(=O)=O. The van der Waals surface area contributed by atoms with Gasteiger partial charge in [-0.05, 0) is 36.6 Å². The summed E-state index contributed by atoms with van der Waals surface area (Å²) in [5.41, 5.74) is 1.21. The third-order valence-electron chi connectivity index (χ3n) is 4.03. The fourth-order valence-electron chi connectivity index (χ4n) is 2.67. The summed E-state index contributed by atoms with van der Waals surface area (Å²) in [5.74, 6) is 0.370. The minimum atomic E-state index is -3.72. The van der Waals surface area contributed by atoms with E-state index in [0.717, 1.165) is 28.3 Å². The molecule has 0 unspecified atom stereocenters. The summed E-state index contributed by atoms with van der Waals surface area (Å²) in [7, 11) is -2.11. The van der Waals surface area contributed by atoms with Gasteiger partial charge in [0.05, 0.1) is 29.1 Å². The summed E-state index contributed by atoms with van der Waals surface area (Å²) in [6.45, 7) is 0.0192. The number of nitrogens with one attached hydrogen (secondary N) is 1. The van der Waals surface area contributed by atoms with Crippen molar-refractivity contribution in [2.24, 2.45) is 0 Å². The first kappa shape index (κ1) is 22.3. The lowest BCUT2D eigenvalue weighted by Gasteiger charge is -2.23. The van der Waals surface area contributed by atoms with Crippen LogP contribution in [0.2, 0.25) is 10.0 Å². The number of carbonyl (C=O) groups excluding carboxylic acids is 1. The summed E-state index contributed by atoms with van der Waals surface area (Å²) < 4.78 is 30.5. The fourth-order valence-corrected chi connectivity index (χ4v) is 3.98. The van der Waals surface area contributed by atoms with Gasteiger partial charge in [0.2, 0.25) is 15.9 Å². The van der Waals surface area contributed by atoms with E-state index in [1.807, 2.05) is 24.3 Å². The van der Waals surface area contributed by atoms with Crippen LogP contribution in [0.15, 0.2) is 42.5 Å². The molecule has 2 aromatic rings. The molecule has 0 bridgehead atoms. The van der Waals surface area contributed by atoms with Gasteiger partial charge < -0.3 is 10.1 Å². The zero-order chi connectivity index (χ0) is 20.7. The second-order valence-electron chi connectivity index (χ2n) is 6.11. The lowest BCUT2D eigenvalue weighted by Crippen LogP contribution is -2.40. The molecule has 28 heavy (non-hydrogen) atoms. The predicted molar refractivity (Wildman–Crippen MR) is 113 cm³/mol. The number of hydrogen-bond donors (Lipinski definition) is 1. The molecule has 0 heterocycles. The van der Waals surface area contributed by atoms with Crippen LogP contribution in [0.5, 0.6) is 5.75 Å². The van der Waals surface area contributed by atoms with E-state index in [9.17, 15) is 13.2 Å². The molecule has 0 radical (unpaired) electrons. The summed E-state index contributed by atoms with van der Waals surface area (Å²) in [5, 5.41) is 3.03. The van der Waals surface area contributed by atoms with Crippen molar-refractivity contribution in [2.75, 3.05) is 30.8 Å². The third kappa shape index (κ3) is 6.02. The first-order valence-electron chi connectivity index (χ1n) is 8.54. The predicted octanol–water partition coefficient (Wildman–Crippen LogP) is 3.52. The maximum Gasteiger partial charge on any atom is 0.240 e. The molecule has 0 aliphatic rings. The Labute approximate surface area is 175 Å². The Morgan fingerprint density at radius 3 is 2.54 bits per heavy atom. The van der Waals surface area contributed by atoms with Crippen molar-refractivity contribution in [3.63, 3.8) is 0 Å². The molecule has 0 aromatic heterocycles. The largest absolute Gasteiger partial charge is 0.496 e. The van der Waals surface area contributed by atoms with Gasteiger partial charge in [0.1, 0.15) is 12.3 Å². The van der Waals surface area contributed by atoms with E-state index in [2.05, 4.69) is 5.32 Å². The highest BCUT2D eigenvalue weighted by molar-refractivity contribution is 7.92. The lowest BCUT2D eigenvalue weighted by molar-refractivity contribution is -0.119. The molecule has 0 aliphatic heterocycles. The molecular weight excluding hydrogens is 423 g/mol. The number of anilines is 1. The van der Waals surface area contributed by atoms with Crippen LogP contribution in [0.25, 0.3) is 0 Å². The van der Waals surface area contributed by atoms with Crippen molar-refractivity contribution in [1.29, 1.82) is 0 Å². The second-order valence-corrected chi connectivity index (χ2v) is 8.80. The number of carbonyl (C=O) groups is 1. The van der Waals surface area contributed by atoms with Crippen LogP contribution in [-0.4, -0.2) is 40.8 Å². The van der Waals surface area contributed by atoms with E-state index in [0.29, 0.717) is 13.0 Å². The Hall–Kier alpha value is -1.96. The number of sulfonamides is 1. The minimum Gasteiger partial charge on any atom is -0.496 e. The summed E-state index contributed by atoms with van der Waals surface area (Å²) in [6.07, 6.45) is 2.42. The van der Waals surface area contributed by atoms with Gasteiger partial charge in [-0.3, -0.25) is 9.10 Å². The van der Waals surface area contributed by atoms with Crippen molar-refractivity contribution in [1.82, 2.24) is 5.32 Å². The quantitative estimate of drug-likeness (QED) is 0.600. The summed E-state index contributed by atoms with van der Waals surface area (Å²) in [6, 6.07) is 12.3. The summed E-state index contributed by atoms with van der Waals surface area (Å²) in [4.78, 5) is 12.3. The van der Waals surface area contributed by atoms with E-state index in [1.165, 1.54) is 6.07 Å². The first-order chi connectivity index (χ1) is 13.2. The van der Waals surface area contributed by atoms with Crippen LogP contribution < -0.4 is 14.4 Å². The van der Waals surface area contributed by atoms with Crippen LogP contribution >= 0.6 is 23.2 Å². The molecule has 1 N–H and O–H groups in total. The molecule has 152 valence electrons. The van der Waals surface area contributed by atoms with Crippen LogP contribution in [0, 0.1) is 0 Å². The van der Waals surface area contributed by atoms with Gasteiger partial charge in [-0.2, -0.15) is 0 Å². The number of halogens is 2. The lowest BCUT2D eigenvalue weighted by atomic mass is 10.1. The molecule has 0 fully saturated rings. The molecule has 9 heteroatoms. The van der Waals surface area contributed by atoms with Crippen LogP contribution in [-0.2, 0) is 21.2 Å². The van der Waals surface area contributed by atoms with Gasteiger partial charge in [0, 0.05) is 6.54 Å². The summed E-state index contributed by atoms with van der Waals surface area (Å²) >= 11 is 12.1. The zero-order valence-corrected chi connectivity index (χ0v) is 17.9. The van der Waals surface area contributed by atoms with Gasteiger partial charge in [-0.1, -0.05) is 47.5 Å². The molecule has 6 nitrogen and oxygen atoms in total. The number of ether oxygens (including phenoxy) is 1. The molecule has 1 amide bonds. The van der Waals surface area contributed by atoms with Crippen molar-refractivity contribution in [2.45, 2.75) is 12.8 Å². The van der Waals surface area contributed by atoms with Crippen molar-refractivity contribution >= 4 is 44.8 Å². The van der Waals surface area contributed by atoms with E-state index in [4.69, 9.17) is 27.9 Å². The number of methoxy groups -OCH3 is 1. The normalized spacial score (nSPS) is 11.1.